The molecule has 0 bridgehead atoms. The molecule has 0 aliphatic heterocycles. The van der Waals surface area contributed by atoms with E-state index >= 15 is 0 Å². The Hall–Kier alpha value is -2.42. The van der Waals surface area contributed by atoms with E-state index in [1.807, 2.05) is 0 Å². The molecule has 0 amide bonds. The molecule has 0 fully saturated rings. The first-order valence-electron chi connectivity index (χ1n) is 6.24. The molecule has 0 aromatic carbocycles. The van der Waals surface area contributed by atoms with Gasteiger partial charge < -0.3 is 4.74 Å². The van der Waals surface area contributed by atoms with Crippen molar-refractivity contribution in [2.24, 2.45) is 0 Å². The highest BCUT2D eigenvalue weighted by Crippen LogP contribution is 2.32. The van der Waals surface area contributed by atoms with Gasteiger partial charge in [-0.05, 0) is 30.3 Å². The van der Waals surface area contributed by atoms with Gasteiger partial charge in [0.25, 0.3) is 0 Å². The lowest BCUT2D eigenvalue weighted by molar-refractivity contribution is -0.138. The van der Waals surface area contributed by atoms with Crippen molar-refractivity contribution in [3.8, 4) is 5.75 Å². The van der Waals surface area contributed by atoms with Gasteiger partial charge in [-0.3, -0.25) is 4.98 Å². The minimum absolute atomic E-state index is 0.120. The molecule has 2 aromatic heterocycles. The Labute approximate surface area is 130 Å². The van der Waals surface area contributed by atoms with Gasteiger partial charge in [-0.2, -0.15) is 13.2 Å². The van der Waals surface area contributed by atoms with Gasteiger partial charge in [0, 0.05) is 17.8 Å². The van der Waals surface area contributed by atoms with Crippen molar-refractivity contribution in [2.45, 2.75) is 11.2 Å². The zero-order chi connectivity index (χ0) is 17.1. The molecular weight excluding hydrogens is 331 g/mol. The van der Waals surface area contributed by atoms with Crippen molar-refractivity contribution in [1.82, 2.24) is 9.97 Å². The first kappa shape index (κ1) is 16.9. The second-order valence-electron chi connectivity index (χ2n) is 4.35. The fraction of sp³-hybridized carbons (Fsp3) is 0.143. The van der Waals surface area contributed by atoms with Gasteiger partial charge in [0.1, 0.15) is 9.73 Å². The SMILES string of the molecule is COc1cccnc1S(=N)(=O)/C=C/c1ncccc1C(F)(F)F. The van der Waals surface area contributed by atoms with Gasteiger partial charge in [-0.25, -0.2) is 14.0 Å². The quantitative estimate of drug-likeness (QED) is 0.920. The van der Waals surface area contributed by atoms with Crippen LogP contribution in [0.4, 0.5) is 13.2 Å². The fourth-order valence-electron chi connectivity index (χ4n) is 1.77. The average Bonchev–Trinajstić information content (AvgIpc) is 2.52. The summed E-state index contributed by atoms with van der Waals surface area (Å²) in [7, 11) is -2.27. The van der Waals surface area contributed by atoms with Crippen LogP contribution in [0.5, 0.6) is 5.75 Å². The fourth-order valence-corrected chi connectivity index (χ4v) is 2.89. The van der Waals surface area contributed by atoms with Gasteiger partial charge in [-0.15, -0.1) is 0 Å². The molecule has 0 radical (unpaired) electrons. The number of alkyl halides is 3. The van der Waals surface area contributed by atoms with Crippen molar-refractivity contribution in [3.63, 3.8) is 0 Å². The van der Waals surface area contributed by atoms with Crippen molar-refractivity contribution < 1.29 is 22.1 Å². The topological polar surface area (TPSA) is 75.9 Å². The van der Waals surface area contributed by atoms with Crippen LogP contribution >= 0.6 is 0 Å². The summed E-state index contributed by atoms with van der Waals surface area (Å²) in [4.78, 5) is 7.44. The third kappa shape index (κ3) is 3.86. The number of nitrogens with zero attached hydrogens (tertiary/aromatic N) is 2. The van der Waals surface area contributed by atoms with E-state index in [0.717, 1.165) is 23.6 Å². The predicted octanol–water partition coefficient (Wildman–Crippen LogP) is 3.58. The molecule has 1 atom stereocenters. The third-order valence-electron chi connectivity index (χ3n) is 2.80. The largest absolute Gasteiger partial charge is 0.494 e. The Morgan fingerprint density at radius 2 is 1.87 bits per heavy atom. The second kappa shape index (κ2) is 6.37. The number of rotatable bonds is 4. The Balaban J connectivity index is 2.45. The molecule has 0 saturated carbocycles. The number of nitrogens with one attached hydrogen (secondary N) is 1. The smallest absolute Gasteiger partial charge is 0.418 e. The lowest BCUT2D eigenvalue weighted by Crippen LogP contribution is -2.08. The van der Waals surface area contributed by atoms with E-state index in [1.54, 1.807) is 0 Å². The number of hydrogen-bond acceptors (Lipinski definition) is 5. The average molecular weight is 343 g/mol. The van der Waals surface area contributed by atoms with Crippen molar-refractivity contribution >= 4 is 15.8 Å². The minimum atomic E-state index is -4.60. The molecule has 0 aliphatic carbocycles. The van der Waals surface area contributed by atoms with Crippen LogP contribution in [0.2, 0.25) is 0 Å². The van der Waals surface area contributed by atoms with E-state index in [2.05, 4.69) is 9.97 Å². The summed E-state index contributed by atoms with van der Waals surface area (Å²) in [6.07, 6.45) is -1.18. The minimum Gasteiger partial charge on any atom is -0.494 e. The predicted molar refractivity (Wildman–Crippen MR) is 78.2 cm³/mol. The maximum absolute atomic E-state index is 12.9. The van der Waals surface area contributed by atoms with Crippen LogP contribution in [-0.2, 0) is 15.9 Å². The molecule has 1 N–H and O–H groups in total. The highest BCUT2D eigenvalue weighted by atomic mass is 32.2. The van der Waals surface area contributed by atoms with Gasteiger partial charge >= 0.3 is 6.18 Å². The van der Waals surface area contributed by atoms with Crippen molar-refractivity contribution in [2.75, 3.05) is 7.11 Å². The van der Waals surface area contributed by atoms with Gasteiger partial charge in [-0.1, -0.05) is 0 Å². The Morgan fingerprint density at radius 3 is 2.52 bits per heavy atom. The van der Waals surface area contributed by atoms with Crippen molar-refractivity contribution in [1.29, 1.82) is 4.78 Å². The molecule has 0 aliphatic rings. The number of halogens is 3. The molecule has 0 spiro atoms. The normalized spacial score (nSPS) is 14.6. The second-order valence-corrected chi connectivity index (χ2v) is 6.21. The molecule has 5 nitrogen and oxygen atoms in total. The number of hydrogen-bond donors (Lipinski definition) is 1. The molecule has 9 heteroatoms. The maximum atomic E-state index is 12.9. The van der Waals surface area contributed by atoms with E-state index in [1.165, 1.54) is 31.6 Å². The van der Waals surface area contributed by atoms with E-state index in [0.29, 0.717) is 0 Å². The first-order chi connectivity index (χ1) is 10.8. The Morgan fingerprint density at radius 1 is 1.22 bits per heavy atom. The van der Waals surface area contributed by atoms with Crippen LogP contribution < -0.4 is 4.74 Å². The summed E-state index contributed by atoms with van der Waals surface area (Å²) in [5.41, 5.74) is -1.39. The van der Waals surface area contributed by atoms with Crippen LogP contribution in [-0.4, -0.2) is 21.3 Å². The summed E-state index contributed by atoms with van der Waals surface area (Å²) in [5, 5.41) is 0.679. The molecule has 2 heterocycles. The molecule has 0 saturated heterocycles. The number of methoxy groups -OCH3 is 1. The summed E-state index contributed by atoms with van der Waals surface area (Å²) >= 11 is 0. The van der Waals surface area contributed by atoms with Gasteiger partial charge in [0.15, 0.2) is 10.8 Å². The van der Waals surface area contributed by atoms with Crippen LogP contribution in [0.1, 0.15) is 11.3 Å². The lowest BCUT2D eigenvalue weighted by Gasteiger charge is -2.09. The summed E-state index contributed by atoms with van der Waals surface area (Å²) in [6, 6.07) is 5.01. The van der Waals surface area contributed by atoms with Gasteiger partial charge in [0.2, 0.25) is 0 Å². The van der Waals surface area contributed by atoms with E-state index in [9.17, 15) is 17.4 Å². The number of aromatic nitrogens is 2. The maximum Gasteiger partial charge on any atom is 0.418 e. The Bertz CT molecular complexity index is 833. The van der Waals surface area contributed by atoms with Crippen LogP contribution in [0.3, 0.4) is 0 Å². The summed E-state index contributed by atoms with van der Waals surface area (Å²) in [6.45, 7) is 0. The van der Waals surface area contributed by atoms with Crippen molar-refractivity contribution in [3.05, 3.63) is 53.3 Å². The summed E-state index contributed by atoms with van der Waals surface area (Å²) in [5.74, 6) is 0.120. The molecule has 2 aromatic rings. The molecule has 2 rings (SSSR count). The third-order valence-corrected chi connectivity index (χ3v) is 4.21. The van der Waals surface area contributed by atoms with Crippen LogP contribution in [0.15, 0.2) is 47.1 Å². The van der Waals surface area contributed by atoms with E-state index < -0.39 is 27.2 Å². The van der Waals surface area contributed by atoms with Gasteiger partial charge in [0.05, 0.1) is 18.4 Å². The van der Waals surface area contributed by atoms with Crippen LogP contribution in [0, 0.1) is 4.78 Å². The highest BCUT2D eigenvalue weighted by Gasteiger charge is 2.33. The van der Waals surface area contributed by atoms with E-state index in [-0.39, 0.29) is 10.8 Å². The van der Waals surface area contributed by atoms with Crippen LogP contribution in [0.25, 0.3) is 6.08 Å². The molecular formula is C14H12F3N3O2S. The molecule has 122 valence electrons. The number of ether oxygens (including phenoxy) is 1. The Kier molecular flexibility index (Phi) is 4.69. The molecule has 23 heavy (non-hydrogen) atoms. The zero-order valence-electron chi connectivity index (χ0n) is 11.9. The lowest BCUT2D eigenvalue weighted by atomic mass is 10.2. The summed E-state index contributed by atoms with van der Waals surface area (Å²) < 4.78 is 63.9. The number of pyridine rings is 2. The monoisotopic (exact) mass is 343 g/mol. The molecule has 1 unspecified atom stereocenters. The highest BCUT2D eigenvalue weighted by molar-refractivity contribution is 7.95. The standard InChI is InChI=1S/C14H12F3N3O2S/c1-22-12-5-3-8-20-13(12)23(18,21)9-6-11-10(14(15,16)17)4-2-7-19-11/h2-9,18H,1H3/b9-6+. The first-order valence-corrected chi connectivity index (χ1v) is 7.86. The zero-order valence-corrected chi connectivity index (χ0v) is 12.7. The van der Waals surface area contributed by atoms with E-state index in [4.69, 9.17) is 9.52 Å².